The van der Waals surface area contributed by atoms with Gasteiger partial charge in [0.25, 0.3) is 5.95 Å². The van der Waals surface area contributed by atoms with Crippen LogP contribution in [0.2, 0.25) is 0 Å². The van der Waals surface area contributed by atoms with Crippen molar-refractivity contribution < 1.29 is 14.3 Å². The number of hydrogen-bond donors (Lipinski definition) is 0. The molecule has 0 bridgehead atoms. The summed E-state index contributed by atoms with van der Waals surface area (Å²) in [4.78, 5) is 20.9. The van der Waals surface area contributed by atoms with Crippen molar-refractivity contribution in [1.29, 1.82) is 0 Å². The second-order valence-corrected chi connectivity index (χ2v) is 7.40. The summed E-state index contributed by atoms with van der Waals surface area (Å²) in [5.41, 5.74) is 2.67. The minimum absolute atomic E-state index is 0.0662. The van der Waals surface area contributed by atoms with Crippen molar-refractivity contribution in [3.63, 3.8) is 0 Å². The molecule has 10 heteroatoms. The molecule has 1 aromatic carbocycles. The highest BCUT2D eigenvalue weighted by atomic mass is 79.9. The minimum Gasteiger partial charge on any atom is -0.479 e. The van der Waals surface area contributed by atoms with E-state index in [4.69, 9.17) is 9.47 Å². The number of nitrogens with zero attached hydrogens (tertiary/aromatic N) is 6. The van der Waals surface area contributed by atoms with Crippen LogP contribution in [0.4, 0.5) is 0 Å². The van der Waals surface area contributed by atoms with Crippen LogP contribution in [0.5, 0.6) is 5.88 Å². The monoisotopic (exact) mass is 470 g/mol. The summed E-state index contributed by atoms with van der Waals surface area (Å²) in [5.74, 6) is 0.180. The summed E-state index contributed by atoms with van der Waals surface area (Å²) in [6.45, 7) is 4.08. The predicted molar refractivity (Wildman–Crippen MR) is 113 cm³/mol. The molecule has 0 aliphatic heterocycles. The lowest BCUT2D eigenvalue weighted by molar-refractivity contribution is 0.0526. The van der Waals surface area contributed by atoms with E-state index in [9.17, 15) is 4.79 Å². The highest BCUT2D eigenvalue weighted by Gasteiger charge is 2.20. The molecule has 30 heavy (non-hydrogen) atoms. The van der Waals surface area contributed by atoms with Crippen molar-refractivity contribution in [3.05, 3.63) is 58.5 Å². The summed E-state index contributed by atoms with van der Waals surface area (Å²) >= 11 is 3.51. The maximum atomic E-state index is 11.9. The summed E-state index contributed by atoms with van der Waals surface area (Å²) in [5, 5.41) is 8.69. The topological polar surface area (TPSA) is 97.0 Å². The van der Waals surface area contributed by atoms with Crippen molar-refractivity contribution in [2.24, 2.45) is 0 Å². The maximum Gasteiger partial charge on any atom is 0.341 e. The Hall–Kier alpha value is -3.27. The summed E-state index contributed by atoms with van der Waals surface area (Å²) in [6, 6.07) is 7.96. The van der Waals surface area contributed by atoms with Crippen molar-refractivity contribution in [2.75, 3.05) is 13.7 Å². The Balaban J connectivity index is 1.76. The van der Waals surface area contributed by atoms with E-state index in [-0.39, 0.29) is 18.6 Å². The maximum absolute atomic E-state index is 11.9. The van der Waals surface area contributed by atoms with Crippen LogP contribution >= 0.6 is 15.9 Å². The largest absolute Gasteiger partial charge is 0.479 e. The van der Waals surface area contributed by atoms with E-state index in [0.29, 0.717) is 22.5 Å². The molecule has 0 saturated carbocycles. The molecule has 0 fully saturated rings. The Kier molecular flexibility index (Phi) is 5.49. The van der Waals surface area contributed by atoms with Gasteiger partial charge in [-0.1, -0.05) is 28.1 Å². The van der Waals surface area contributed by atoms with Crippen LogP contribution in [-0.2, 0) is 4.74 Å². The van der Waals surface area contributed by atoms with Gasteiger partial charge in [0.1, 0.15) is 11.0 Å². The molecular weight excluding hydrogens is 452 g/mol. The molecule has 3 heterocycles. The SMILES string of the molecule is CCOC(=O)c1cnn(-c2nc(OC)c3c(cnn3[C@@H](C)c3cccc(Br)c3)n2)c1. The van der Waals surface area contributed by atoms with Gasteiger partial charge in [-0.25, -0.2) is 14.5 Å². The first-order chi connectivity index (χ1) is 14.5. The Morgan fingerprint density at radius 2 is 2.07 bits per heavy atom. The van der Waals surface area contributed by atoms with E-state index in [1.165, 1.54) is 17.1 Å². The molecule has 0 aliphatic carbocycles. The van der Waals surface area contributed by atoms with Crippen LogP contribution in [0, 0.1) is 0 Å². The van der Waals surface area contributed by atoms with Crippen LogP contribution in [0.1, 0.15) is 35.8 Å². The number of aromatic nitrogens is 6. The number of fused-ring (bicyclic) bond motifs is 1. The third-order valence-corrected chi connectivity index (χ3v) is 5.08. The molecule has 0 amide bonds. The fraction of sp³-hybridized carbons (Fsp3) is 0.250. The standard InChI is InChI=1S/C20H19BrN6O3/c1-4-30-19(28)14-9-22-26(11-14)20-24-16-10-23-27(17(16)18(25-20)29-3)12(2)13-6-5-7-15(21)8-13/h5-12H,4H2,1-3H3/t12-/m0/s1. The highest BCUT2D eigenvalue weighted by molar-refractivity contribution is 9.10. The quantitative estimate of drug-likeness (QED) is 0.397. The van der Waals surface area contributed by atoms with Crippen molar-refractivity contribution in [2.45, 2.75) is 19.9 Å². The average molecular weight is 471 g/mol. The number of methoxy groups -OCH3 is 1. The molecule has 0 unspecified atom stereocenters. The molecule has 1 atom stereocenters. The predicted octanol–water partition coefficient (Wildman–Crippen LogP) is 3.57. The molecule has 0 radical (unpaired) electrons. The first kappa shape index (κ1) is 20.0. The molecule has 0 spiro atoms. The third kappa shape index (κ3) is 3.65. The minimum atomic E-state index is -0.451. The molecule has 9 nitrogen and oxygen atoms in total. The fourth-order valence-electron chi connectivity index (χ4n) is 3.12. The Bertz CT molecular complexity index is 1220. The number of ether oxygens (including phenoxy) is 2. The number of rotatable bonds is 6. The van der Waals surface area contributed by atoms with Gasteiger partial charge in [0.15, 0.2) is 0 Å². The van der Waals surface area contributed by atoms with E-state index < -0.39 is 5.97 Å². The second kappa shape index (κ2) is 8.23. The number of carbonyl (C=O) groups is 1. The lowest BCUT2D eigenvalue weighted by atomic mass is 10.1. The van der Waals surface area contributed by atoms with Gasteiger partial charge in [-0.2, -0.15) is 15.2 Å². The van der Waals surface area contributed by atoms with Crippen LogP contribution < -0.4 is 4.74 Å². The van der Waals surface area contributed by atoms with Gasteiger partial charge in [-0.05, 0) is 31.5 Å². The van der Waals surface area contributed by atoms with Crippen LogP contribution in [0.25, 0.3) is 17.0 Å². The van der Waals surface area contributed by atoms with E-state index in [1.807, 2.05) is 35.9 Å². The molecule has 0 saturated heterocycles. The van der Waals surface area contributed by atoms with Crippen molar-refractivity contribution in [3.8, 4) is 11.8 Å². The Morgan fingerprint density at radius 1 is 1.23 bits per heavy atom. The second-order valence-electron chi connectivity index (χ2n) is 6.48. The van der Waals surface area contributed by atoms with Gasteiger partial charge in [0.2, 0.25) is 5.88 Å². The number of hydrogen-bond acceptors (Lipinski definition) is 7. The van der Waals surface area contributed by atoms with Gasteiger partial charge >= 0.3 is 5.97 Å². The first-order valence-corrected chi connectivity index (χ1v) is 10.1. The average Bonchev–Trinajstić information content (AvgIpc) is 3.40. The van der Waals surface area contributed by atoms with Crippen molar-refractivity contribution >= 4 is 32.9 Å². The Labute approximate surface area is 180 Å². The zero-order valence-electron chi connectivity index (χ0n) is 16.6. The lowest BCUT2D eigenvalue weighted by Gasteiger charge is -2.15. The number of carbonyl (C=O) groups excluding carboxylic acids is 1. The van der Waals surface area contributed by atoms with Crippen LogP contribution in [-0.4, -0.2) is 49.2 Å². The van der Waals surface area contributed by atoms with Gasteiger partial charge in [0.05, 0.1) is 37.7 Å². The Morgan fingerprint density at radius 3 is 2.80 bits per heavy atom. The van der Waals surface area contributed by atoms with Gasteiger partial charge < -0.3 is 9.47 Å². The molecule has 4 rings (SSSR count). The summed E-state index contributed by atoms with van der Waals surface area (Å²) < 4.78 is 14.8. The van der Waals surface area contributed by atoms with Gasteiger partial charge in [-0.3, -0.25) is 4.68 Å². The molecular formula is C20H19BrN6O3. The van der Waals surface area contributed by atoms with Crippen LogP contribution in [0.15, 0.2) is 47.3 Å². The third-order valence-electron chi connectivity index (χ3n) is 4.59. The van der Waals surface area contributed by atoms with E-state index in [0.717, 1.165) is 10.0 Å². The molecule has 3 aromatic heterocycles. The number of benzene rings is 1. The number of esters is 1. The van der Waals surface area contributed by atoms with Gasteiger partial charge in [-0.15, -0.1) is 0 Å². The van der Waals surface area contributed by atoms with Crippen LogP contribution in [0.3, 0.4) is 0 Å². The lowest BCUT2D eigenvalue weighted by Crippen LogP contribution is -2.10. The zero-order valence-corrected chi connectivity index (χ0v) is 18.2. The van der Waals surface area contributed by atoms with E-state index in [1.54, 1.807) is 20.2 Å². The molecule has 0 aliphatic rings. The fourth-order valence-corrected chi connectivity index (χ4v) is 3.53. The van der Waals surface area contributed by atoms with E-state index >= 15 is 0 Å². The molecule has 4 aromatic rings. The molecule has 154 valence electrons. The summed E-state index contributed by atoms with van der Waals surface area (Å²) in [6.07, 6.45) is 4.59. The first-order valence-electron chi connectivity index (χ1n) is 9.28. The van der Waals surface area contributed by atoms with Crippen molar-refractivity contribution in [1.82, 2.24) is 29.5 Å². The van der Waals surface area contributed by atoms with Gasteiger partial charge in [0, 0.05) is 10.7 Å². The van der Waals surface area contributed by atoms with E-state index in [2.05, 4.69) is 36.1 Å². The number of halogens is 1. The molecule has 0 N–H and O–H groups in total. The summed E-state index contributed by atoms with van der Waals surface area (Å²) in [7, 11) is 1.54. The smallest absolute Gasteiger partial charge is 0.341 e. The highest BCUT2D eigenvalue weighted by Crippen LogP contribution is 2.29. The normalized spacial score (nSPS) is 12.1. The zero-order chi connectivity index (χ0) is 21.3.